The Hall–Kier alpha value is -2.22. The van der Waals surface area contributed by atoms with E-state index in [0.29, 0.717) is 5.75 Å². The largest absolute Gasteiger partial charge is 0.504 e. The molecule has 1 aromatic carbocycles. The van der Waals surface area contributed by atoms with Crippen molar-refractivity contribution in [3.8, 4) is 17.6 Å². The summed E-state index contributed by atoms with van der Waals surface area (Å²) in [6.07, 6.45) is 0. The van der Waals surface area contributed by atoms with E-state index in [1.807, 2.05) is 6.07 Å². The second-order valence-electron chi connectivity index (χ2n) is 4.08. The SMILES string of the molecule is COc1ccc(C(=O)NC(C)(C)C#N)cc1O. The van der Waals surface area contributed by atoms with E-state index in [2.05, 4.69) is 5.32 Å². The number of hydrogen-bond donors (Lipinski definition) is 2. The Morgan fingerprint density at radius 1 is 1.53 bits per heavy atom. The van der Waals surface area contributed by atoms with Crippen molar-refractivity contribution in [3.63, 3.8) is 0 Å². The molecule has 0 bridgehead atoms. The predicted molar refractivity (Wildman–Crippen MR) is 61.8 cm³/mol. The molecule has 0 heterocycles. The maximum atomic E-state index is 11.8. The first-order valence-corrected chi connectivity index (χ1v) is 5.00. The van der Waals surface area contributed by atoms with Crippen LogP contribution in [-0.4, -0.2) is 23.7 Å². The Balaban J connectivity index is 2.92. The molecule has 0 saturated heterocycles. The highest BCUT2D eigenvalue weighted by Crippen LogP contribution is 2.26. The van der Waals surface area contributed by atoms with E-state index in [1.165, 1.54) is 25.3 Å². The zero-order valence-corrected chi connectivity index (χ0v) is 9.94. The van der Waals surface area contributed by atoms with Crippen LogP contribution in [-0.2, 0) is 0 Å². The van der Waals surface area contributed by atoms with Crippen molar-refractivity contribution in [2.75, 3.05) is 7.11 Å². The molecule has 0 aliphatic heterocycles. The summed E-state index contributed by atoms with van der Waals surface area (Å²) in [5.74, 6) is -0.245. The summed E-state index contributed by atoms with van der Waals surface area (Å²) in [6, 6.07) is 6.26. The van der Waals surface area contributed by atoms with Crippen LogP contribution in [0.3, 0.4) is 0 Å². The van der Waals surface area contributed by atoms with Gasteiger partial charge in [-0.25, -0.2) is 0 Å². The van der Waals surface area contributed by atoms with Gasteiger partial charge in [0.2, 0.25) is 0 Å². The lowest BCUT2D eigenvalue weighted by Gasteiger charge is -2.17. The summed E-state index contributed by atoms with van der Waals surface area (Å²) in [7, 11) is 1.42. The average molecular weight is 234 g/mol. The van der Waals surface area contributed by atoms with Crippen LogP contribution >= 0.6 is 0 Å². The number of nitriles is 1. The molecule has 1 aromatic rings. The van der Waals surface area contributed by atoms with Gasteiger partial charge >= 0.3 is 0 Å². The Morgan fingerprint density at radius 3 is 2.65 bits per heavy atom. The molecule has 5 heteroatoms. The van der Waals surface area contributed by atoms with Gasteiger partial charge in [0.1, 0.15) is 5.54 Å². The zero-order valence-electron chi connectivity index (χ0n) is 9.94. The molecule has 1 rings (SSSR count). The van der Waals surface area contributed by atoms with Crippen LogP contribution in [0.25, 0.3) is 0 Å². The maximum Gasteiger partial charge on any atom is 0.252 e. The summed E-state index contributed by atoms with van der Waals surface area (Å²) in [5, 5.41) is 20.9. The standard InChI is InChI=1S/C12H14N2O3/c1-12(2,7-13)14-11(16)8-4-5-10(17-3)9(15)6-8/h4-6,15H,1-3H3,(H,14,16). The third kappa shape index (κ3) is 3.11. The summed E-state index contributed by atoms with van der Waals surface area (Å²) in [6.45, 7) is 3.18. The number of hydrogen-bond acceptors (Lipinski definition) is 4. The molecule has 5 nitrogen and oxygen atoms in total. The smallest absolute Gasteiger partial charge is 0.252 e. The molecule has 17 heavy (non-hydrogen) atoms. The molecule has 0 aliphatic rings. The summed E-state index contributed by atoms with van der Waals surface area (Å²) < 4.78 is 4.87. The number of rotatable bonds is 3. The summed E-state index contributed by atoms with van der Waals surface area (Å²) >= 11 is 0. The lowest BCUT2D eigenvalue weighted by Crippen LogP contribution is -2.42. The second kappa shape index (κ2) is 4.74. The van der Waals surface area contributed by atoms with Gasteiger partial charge in [-0.15, -0.1) is 0 Å². The maximum absolute atomic E-state index is 11.8. The van der Waals surface area contributed by atoms with Gasteiger partial charge in [-0.05, 0) is 32.0 Å². The average Bonchev–Trinajstić information content (AvgIpc) is 2.28. The monoisotopic (exact) mass is 234 g/mol. The Kier molecular flexibility index (Phi) is 3.59. The van der Waals surface area contributed by atoms with Gasteiger partial charge in [0, 0.05) is 5.56 Å². The summed E-state index contributed by atoms with van der Waals surface area (Å²) in [4.78, 5) is 11.8. The van der Waals surface area contributed by atoms with E-state index in [1.54, 1.807) is 13.8 Å². The molecule has 0 radical (unpaired) electrons. The number of amides is 1. The van der Waals surface area contributed by atoms with Gasteiger partial charge in [-0.1, -0.05) is 0 Å². The number of benzene rings is 1. The lowest BCUT2D eigenvalue weighted by molar-refractivity contribution is 0.0929. The molecule has 1 amide bonds. The van der Waals surface area contributed by atoms with E-state index in [4.69, 9.17) is 10.00 Å². The van der Waals surface area contributed by atoms with Gasteiger partial charge in [0.25, 0.3) is 5.91 Å². The first kappa shape index (κ1) is 12.8. The fraction of sp³-hybridized carbons (Fsp3) is 0.333. The summed E-state index contributed by atoms with van der Waals surface area (Å²) in [5.41, 5.74) is -0.682. The Labute approximate surface area is 99.6 Å². The molecule has 0 fully saturated rings. The van der Waals surface area contributed by atoms with Gasteiger partial charge in [-0.2, -0.15) is 5.26 Å². The van der Waals surface area contributed by atoms with E-state index in [9.17, 15) is 9.90 Å². The van der Waals surface area contributed by atoms with Crippen molar-refractivity contribution in [1.82, 2.24) is 5.32 Å². The van der Waals surface area contributed by atoms with Crippen molar-refractivity contribution >= 4 is 5.91 Å². The Bertz CT molecular complexity index is 475. The normalized spacial score (nSPS) is 10.5. The van der Waals surface area contributed by atoms with Crippen LogP contribution in [0.4, 0.5) is 0 Å². The highest BCUT2D eigenvalue weighted by Gasteiger charge is 2.20. The van der Waals surface area contributed by atoms with Gasteiger partial charge in [0.05, 0.1) is 13.2 Å². The van der Waals surface area contributed by atoms with E-state index < -0.39 is 11.4 Å². The number of methoxy groups -OCH3 is 1. The van der Waals surface area contributed by atoms with Crippen LogP contribution in [0.2, 0.25) is 0 Å². The van der Waals surface area contributed by atoms with E-state index in [-0.39, 0.29) is 11.3 Å². The molecule has 90 valence electrons. The van der Waals surface area contributed by atoms with E-state index in [0.717, 1.165) is 0 Å². The van der Waals surface area contributed by atoms with Crippen molar-refractivity contribution < 1.29 is 14.6 Å². The third-order valence-corrected chi connectivity index (χ3v) is 2.15. The number of ether oxygens (including phenoxy) is 1. The number of aromatic hydroxyl groups is 1. The first-order valence-electron chi connectivity index (χ1n) is 5.00. The Morgan fingerprint density at radius 2 is 2.18 bits per heavy atom. The van der Waals surface area contributed by atoms with Crippen LogP contribution in [0.1, 0.15) is 24.2 Å². The molecule has 0 spiro atoms. The minimum atomic E-state index is -0.952. The number of nitrogens with zero attached hydrogens (tertiary/aromatic N) is 1. The van der Waals surface area contributed by atoms with Gasteiger partial charge < -0.3 is 15.2 Å². The number of phenols is 1. The second-order valence-corrected chi connectivity index (χ2v) is 4.08. The molecule has 0 saturated carbocycles. The fourth-order valence-electron chi connectivity index (χ4n) is 1.22. The molecule has 2 N–H and O–H groups in total. The van der Waals surface area contributed by atoms with Crippen molar-refractivity contribution in [2.24, 2.45) is 0 Å². The number of carbonyl (C=O) groups excluding carboxylic acids is 1. The number of carbonyl (C=O) groups is 1. The number of phenolic OH excluding ortho intramolecular Hbond substituents is 1. The highest BCUT2D eigenvalue weighted by atomic mass is 16.5. The molecular formula is C12H14N2O3. The first-order chi connectivity index (χ1) is 7.89. The predicted octanol–water partition coefficient (Wildman–Crippen LogP) is 1.43. The highest BCUT2D eigenvalue weighted by molar-refractivity contribution is 5.95. The minimum Gasteiger partial charge on any atom is -0.504 e. The molecule has 0 aromatic heterocycles. The zero-order chi connectivity index (χ0) is 13.1. The quantitative estimate of drug-likeness (QED) is 0.828. The van der Waals surface area contributed by atoms with Gasteiger partial charge in [0.15, 0.2) is 11.5 Å². The van der Waals surface area contributed by atoms with Crippen molar-refractivity contribution in [2.45, 2.75) is 19.4 Å². The third-order valence-electron chi connectivity index (χ3n) is 2.15. The molecule has 0 aliphatic carbocycles. The molecular weight excluding hydrogens is 220 g/mol. The van der Waals surface area contributed by atoms with Crippen LogP contribution in [0.5, 0.6) is 11.5 Å². The van der Waals surface area contributed by atoms with Crippen LogP contribution in [0.15, 0.2) is 18.2 Å². The van der Waals surface area contributed by atoms with Crippen molar-refractivity contribution in [3.05, 3.63) is 23.8 Å². The van der Waals surface area contributed by atoms with Crippen LogP contribution in [0, 0.1) is 11.3 Å². The van der Waals surface area contributed by atoms with Gasteiger partial charge in [-0.3, -0.25) is 4.79 Å². The topological polar surface area (TPSA) is 82.3 Å². The minimum absolute atomic E-state index is 0.116. The van der Waals surface area contributed by atoms with Crippen LogP contribution < -0.4 is 10.1 Å². The number of nitrogens with one attached hydrogen (secondary N) is 1. The molecule has 0 atom stereocenters. The molecule has 0 unspecified atom stereocenters. The van der Waals surface area contributed by atoms with E-state index >= 15 is 0 Å². The lowest BCUT2D eigenvalue weighted by atomic mass is 10.1. The fourth-order valence-corrected chi connectivity index (χ4v) is 1.22. The van der Waals surface area contributed by atoms with Crippen molar-refractivity contribution in [1.29, 1.82) is 5.26 Å².